The minimum Gasteiger partial charge on any atom is -0.346 e. The number of aromatic nitrogens is 4. The van der Waals surface area contributed by atoms with Crippen molar-refractivity contribution in [3.05, 3.63) is 95.2 Å². The summed E-state index contributed by atoms with van der Waals surface area (Å²) in [7, 11) is 0. The Bertz CT molecular complexity index is 1150. The normalized spacial score (nSPS) is 10.7. The van der Waals surface area contributed by atoms with Crippen LogP contribution in [0.4, 0.5) is 4.39 Å². The standard InChI is InChI=1S/C21H15ClFN5O/c22-16-5-7-17(8-6-16)28-20(14-9-11-24-12-10-14)19(26-27-28)21(29)25-13-15-3-1-2-4-18(15)23/h1-12H,13H2,(H,25,29). The summed E-state index contributed by atoms with van der Waals surface area (Å²) in [6.45, 7) is 0.0368. The molecule has 0 bridgehead atoms. The molecule has 0 spiro atoms. The lowest BCUT2D eigenvalue weighted by atomic mass is 10.1. The zero-order valence-corrected chi connectivity index (χ0v) is 15.8. The third-order valence-electron chi connectivity index (χ3n) is 4.31. The molecule has 2 heterocycles. The van der Waals surface area contributed by atoms with Gasteiger partial charge in [0.15, 0.2) is 5.69 Å². The van der Waals surface area contributed by atoms with Crippen LogP contribution in [0.2, 0.25) is 5.02 Å². The fourth-order valence-corrected chi connectivity index (χ4v) is 2.99. The summed E-state index contributed by atoms with van der Waals surface area (Å²) >= 11 is 5.98. The molecule has 29 heavy (non-hydrogen) atoms. The molecule has 0 aliphatic rings. The van der Waals surface area contributed by atoms with Crippen molar-refractivity contribution < 1.29 is 9.18 Å². The van der Waals surface area contributed by atoms with Gasteiger partial charge >= 0.3 is 0 Å². The van der Waals surface area contributed by atoms with E-state index in [2.05, 4.69) is 20.6 Å². The van der Waals surface area contributed by atoms with Gasteiger partial charge < -0.3 is 5.32 Å². The third kappa shape index (κ3) is 4.00. The van der Waals surface area contributed by atoms with Crippen LogP contribution in [-0.4, -0.2) is 25.9 Å². The summed E-state index contributed by atoms with van der Waals surface area (Å²) < 4.78 is 15.4. The summed E-state index contributed by atoms with van der Waals surface area (Å²) in [6.07, 6.45) is 3.24. The largest absolute Gasteiger partial charge is 0.346 e. The number of hydrogen-bond acceptors (Lipinski definition) is 4. The maximum atomic E-state index is 13.8. The van der Waals surface area contributed by atoms with E-state index in [1.165, 1.54) is 6.07 Å². The molecule has 1 N–H and O–H groups in total. The topological polar surface area (TPSA) is 72.7 Å². The second-order valence-corrected chi connectivity index (χ2v) is 6.62. The number of halogens is 2. The first-order valence-electron chi connectivity index (χ1n) is 8.77. The average Bonchev–Trinajstić information content (AvgIpc) is 3.19. The molecule has 0 radical (unpaired) electrons. The Kier molecular flexibility index (Phi) is 5.31. The third-order valence-corrected chi connectivity index (χ3v) is 4.56. The molecule has 144 valence electrons. The van der Waals surface area contributed by atoms with E-state index < -0.39 is 5.91 Å². The molecule has 0 aliphatic carbocycles. The molecule has 6 nitrogen and oxygen atoms in total. The number of amides is 1. The smallest absolute Gasteiger partial charge is 0.274 e. The summed E-state index contributed by atoms with van der Waals surface area (Å²) in [5, 5.41) is 11.5. The minimum absolute atomic E-state index is 0.0368. The number of rotatable bonds is 5. The quantitative estimate of drug-likeness (QED) is 0.541. The summed E-state index contributed by atoms with van der Waals surface area (Å²) in [5.74, 6) is -0.841. The summed E-state index contributed by atoms with van der Waals surface area (Å²) in [4.78, 5) is 16.9. The van der Waals surface area contributed by atoms with Gasteiger partial charge in [-0.3, -0.25) is 9.78 Å². The van der Waals surface area contributed by atoms with Crippen molar-refractivity contribution in [3.8, 4) is 16.9 Å². The lowest BCUT2D eigenvalue weighted by molar-refractivity contribution is 0.0946. The molecule has 0 saturated heterocycles. The molecule has 1 amide bonds. The van der Waals surface area contributed by atoms with Gasteiger partial charge in [0.05, 0.1) is 5.69 Å². The maximum Gasteiger partial charge on any atom is 0.274 e. The predicted molar refractivity (Wildman–Crippen MR) is 107 cm³/mol. The van der Waals surface area contributed by atoms with Gasteiger partial charge in [-0.05, 0) is 42.5 Å². The molecular formula is C21H15ClFN5O. The zero-order chi connectivity index (χ0) is 20.2. The highest BCUT2D eigenvalue weighted by atomic mass is 35.5. The highest BCUT2D eigenvalue weighted by Crippen LogP contribution is 2.25. The number of carbonyl (C=O) groups excluding carboxylic acids is 1. The molecule has 4 rings (SSSR count). The van der Waals surface area contributed by atoms with Gasteiger partial charge in [0, 0.05) is 35.1 Å². The van der Waals surface area contributed by atoms with E-state index in [9.17, 15) is 9.18 Å². The van der Waals surface area contributed by atoms with Gasteiger partial charge in [-0.15, -0.1) is 5.10 Å². The Hall–Kier alpha value is -3.58. The summed E-state index contributed by atoms with van der Waals surface area (Å²) in [5.41, 5.74) is 2.43. The van der Waals surface area contributed by atoms with Crippen molar-refractivity contribution in [2.75, 3.05) is 0 Å². The molecule has 2 aromatic heterocycles. The average molecular weight is 408 g/mol. The van der Waals surface area contributed by atoms with Crippen LogP contribution in [0, 0.1) is 5.82 Å². The van der Waals surface area contributed by atoms with Crippen molar-refractivity contribution >= 4 is 17.5 Å². The second kappa shape index (κ2) is 8.20. The number of pyridine rings is 1. The lowest BCUT2D eigenvalue weighted by Crippen LogP contribution is -2.24. The van der Waals surface area contributed by atoms with Crippen molar-refractivity contribution in [2.24, 2.45) is 0 Å². The molecule has 0 atom stereocenters. The highest BCUT2D eigenvalue weighted by molar-refractivity contribution is 6.30. The Labute approximate surface area is 171 Å². The molecule has 4 aromatic rings. The Balaban J connectivity index is 1.70. The predicted octanol–water partition coefficient (Wildman–Crippen LogP) is 4.05. The van der Waals surface area contributed by atoms with Crippen LogP contribution in [0.25, 0.3) is 16.9 Å². The van der Waals surface area contributed by atoms with Crippen molar-refractivity contribution in [1.82, 2.24) is 25.3 Å². The first-order valence-corrected chi connectivity index (χ1v) is 9.15. The van der Waals surface area contributed by atoms with Gasteiger partial charge in [0.25, 0.3) is 5.91 Å². The number of benzene rings is 2. The Morgan fingerprint density at radius 3 is 2.48 bits per heavy atom. The van der Waals surface area contributed by atoms with Gasteiger partial charge in [-0.2, -0.15) is 0 Å². The van der Waals surface area contributed by atoms with Gasteiger partial charge in [0.1, 0.15) is 11.5 Å². The number of nitrogens with zero attached hydrogens (tertiary/aromatic N) is 4. The molecule has 0 fully saturated rings. The van der Waals surface area contributed by atoms with E-state index in [-0.39, 0.29) is 18.1 Å². The summed E-state index contributed by atoms with van der Waals surface area (Å²) in [6, 6.07) is 16.8. The van der Waals surface area contributed by atoms with Crippen LogP contribution < -0.4 is 5.32 Å². The van der Waals surface area contributed by atoms with Crippen LogP contribution in [0.15, 0.2) is 73.1 Å². The molecule has 2 aromatic carbocycles. The van der Waals surface area contributed by atoms with Crippen molar-refractivity contribution in [3.63, 3.8) is 0 Å². The van der Waals surface area contributed by atoms with E-state index in [4.69, 9.17) is 11.6 Å². The van der Waals surface area contributed by atoms with E-state index in [0.717, 1.165) is 5.56 Å². The van der Waals surface area contributed by atoms with E-state index in [1.807, 2.05) is 0 Å². The lowest BCUT2D eigenvalue weighted by Gasteiger charge is -2.09. The molecule has 0 saturated carbocycles. The monoisotopic (exact) mass is 407 g/mol. The Morgan fingerprint density at radius 1 is 1.03 bits per heavy atom. The first kappa shape index (κ1) is 18.8. The van der Waals surface area contributed by atoms with Crippen LogP contribution in [0.1, 0.15) is 16.1 Å². The highest BCUT2D eigenvalue weighted by Gasteiger charge is 2.22. The molecule has 0 aliphatic heterocycles. The number of nitrogens with one attached hydrogen (secondary N) is 1. The SMILES string of the molecule is O=C(NCc1ccccc1F)c1nnn(-c2ccc(Cl)cc2)c1-c1ccncc1. The van der Waals surface area contributed by atoms with Gasteiger partial charge in [-0.1, -0.05) is 35.0 Å². The second-order valence-electron chi connectivity index (χ2n) is 6.18. The van der Waals surface area contributed by atoms with Crippen LogP contribution >= 0.6 is 11.6 Å². The van der Waals surface area contributed by atoms with Gasteiger partial charge in [-0.25, -0.2) is 9.07 Å². The molecular weight excluding hydrogens is 393 g/mol. The number of carbonyl (C=O) groups is 1. The number of hydrogen-bond donors (Lipinski definition) is 1. The van der Waals surface area contributed by atoms with Crippen LogP contribution in [0.5, 0.6) is 0 Å². The van der Waals surface area contributed by atoms with E-state index in [0.29, 0.717) is 22.0 Å². The fraction of sp³-hybridized carbons (Fsp3) is 0.0476. The first-order chi connectivity index (χ1) is 14.1. The van der Waals surface area contributed by atoms with Crippen molar-refractivity contribution in [1.29, 1.82) is 0 Å². The maximum absolute atomic E-state index is 13.8. The molecule has 0 unspecified atom stereocenters. The van der Waals surface area contributed by atoms with E-state index >= 15 is 0 Å². The molecule has 8 heteroatoms. The van der Waals surface area contributed by atoms with Crippen molar-refractivity contribution in [2.45, 2.75) is 6.54 Å². The van der Waals surface area contributed by atoms with E-state index in [1.54, 1.807) is 71.7 Å². The minimum atomic E-state index is -0.458. The zero-order valence-electron chi connectivity index (χ0n) is 15.1. The van der Waals surface area contributed by atoms with Gasteiger partial charge in [0.2, 0.25) is 0 Å². The van der Waals surface area contributed by atoms with Crippen LogP contribution in [0.3, 0.4) is 0 Å². The fourth-order valence-electron chi connectivity index (χ4n) is 2.87. The van der Waals surface area contributed by atoms with Crippen LogP contribution in [-0.2, 0) is 6.54 Å². The Morgan fingerprint density at radius 2 is 1.76 bits per heavy atom.